The lowest BCUT2D eigenvalue weighted by Crippen LogP contribution is -2.34. The molecule has 3 aromatic carbocycles. The molecule has 0 atom stereocenters. The SMILES string of the molecule is CCN(C(=O)Cn1ncc2ccc([N+](=O)[O-])cc21)c1cccc2ccccc12. The summed E-state index contributed by atoms with van der Waals surface area (Å²) in [6.45, 7) is 2.43. The van der Waals surface area contributed by atoms with Crippen LogP contribution < -0.4 is 4.90 Å². The molecule has 140 valence electrons. The van der Waals surface area contributed by atoms with Gasteiger partial charge < -0.3 is 4.90 Å². The highest BCUT2D eigenvalue weighted by Gasteiger charge is 2.19. The van der Waals surface area contributed by atoms with Gasteiger partial charge in [0.1, 0.15) is 6.54 Å². The summed E-state index contributed by atoms with van der Waals surface area (Å²) in [7, 11) is 0. The third-order valence-electron chi connectivity index (χ3n) is 4.80. The molecule has 0 aliphatic rings. The van der Waals surface area contributed by atoms with Crippen LogP contribution in [0.25, 0.3) is 21.7 Å². The van der Waals surface area contributed by atoms with Gasteiger partial charge in [0.2, 0.25) is 5.91 Å². The molecule has 1 heterocycles. The number of nitrogens with zero attached hydrogens (tertiary/aromatic N) is 4. The number of carbonyl (C=O) groups excluding carboxylic acids is 1. The Balaban J connectivity index is 1.69. The topological polar surface area (TPSA) is 81.3 Å². The highest BCUT2D eigenvalue weighted by molar-refractivity contribution is 6.03. The molecule has 28 heavy (non-hydrogen) atoms. The van der Waals surface area contributed by atoms with Crippen LogP contribution in [-0.2, 0) is 11.3 Å². The second-order valence-electron chi connectivity index (χ2n) is 6.44. The molecule has 7 heteroatoms. The van der Waals surface area contributed by atoms with Crippen molar-refractivity contribution in [1.29, 1.82) is 0 Å². The van der Waals surface area contributed by atoms with Crippen molar-refractivity contribution in [2.45, 2.75) is 13.5 Å². The number of aromatic nitrogens is 2. The lowest BCUT2D eigenvalue weighted by molar-refractivity contribution is -0.384. The van der Waals surface area contributed by atoms with E-state index >= 15 is 0 Å². The zero-order valence-electron chi connectivity index (χ0n) is 15.3. The molecule has 4 rings (SSSR count). The fraction of sp³-hybridized carbons (Fsp3) is 0.143. The van der Waals surface area contributed by atoms with Gasteiger partial charge >= 0.3 is 0 Å². The van der Waals surface area contributed by atoms with Crippen molar-refractivity contribution in [3.8, 4) is 0 Å². The van der Waals surface area contributed by atoms with Gasteiger partial charge in [-0.25, -0.2) is 0 Å². The molecule has 0 N–H and O–H groups in total. The monoisotopic (exact) mass is 374 g/mol. The molecule has 1 amide bonds. The molecule has 0 bridgehead atoms. The van der Waals surface area contributed by atoms with Gasteiger partial charge in [-0.05, 0) is 24.4 Å². The number of benzene rings is 3. The standard InChI is InChI=1S/C21H18N4O3/c1-2-23(19-9-5-7-15-6-3-4-8-18(15)19)21(26)14-24-20-12-17(25(27)28)11-10-16(20)13-22-24/h3-13H,2,14H2,1H3. The fourth-order valence-corrected chi connectivity index (χ4v) is 3.44. The Bertz CT molecular complexity index is 1190. The first kappa shape index (κ1) is 17.7. The number of anilines is 1. The number of hydrogen-bond acceptors (Lipinski definition) is 4. The molecular weight excluding hydrogens is 356 g/mol. The number of rotatable bonds is 5. The number of nitro groups is 1. The van der Waals surface area contributed by atoms with Crippen LogP contribution in [0, 0.1) is 10.1 Å². The zero-order chi connectivity index (χ0) is 19.7. The van der Waals surface area contributed by atoms with E-state index in [9.17, 15) is 14.9 Å². The van der Waals surface area contributed by atoms with Gasteiger partial charge in [-0.15, -0.1) is 0 Å². The largest absolute Gasteiger partial charge is 0.310 e. The van der Waals surface area contributed by atoms with Crippen LogP contribution in [0.4, 0.5) is 11.4 Å². The third kappa shape index (κ3) is 3.07. The van der Waals surface area contributed by atoms with Gasteiger partial charge in [-0.3, -0.25) is 19.6 Å². The molecule has 4 aromatic rings. The number of nitro benzene ring substituents is 1. The Kier molecular flexibility index (Phi) is 4.49. The second-order valence-corrected chi connectivity index (χ2v) is 6.44. The van der Waals surface area contributed by atoms with E-state index in [1.807, 2.05) is 49.4 Å². The molecule has 0 saturated carbocycles. The maximum Gasteiger partial charge on any atom is 0.271 e. The summed E-state index contributed by atoms with van der Waals surface area (Å²) in [6, 6.07) is 18.3. The van der Waals surface area contributed by atoms with Gasteiger partial charge in [0.05, 0.1) is 22.3 Å². The Morgan fingerprint density at radius 1 is 1.11 bits per heavy atom. The third-order valence-corrected chi connectivity index (χ3v) is 4.80. The molecule has 0 unspecified atom stereocenters. The van der Waals surface area contributed by atoms with Gasteiger partial charge in [0.15, 0.2) is 0 Å². The van der Waals surface area contributed by atoms with Crippen molar-refractivity contribution in [3.05, 3.63) is 77.0 Å². The van der Waals surface area contributed by atoms with E-state index in [-0.39, 0.29) is 18.1 Å². The fourth-order valence-electron chi connectivity index (χ4n) is 3.44. The van der Waals surface area contributed by atoms with E-state index in [4.69, 9.17) is 0 Å². The normalized spacial score (nSPS) is 11.0. The van der Waals surface area contributed by atoms with Crippen LogP contribution in [0.2, 0.25) is 0 Å². The van der Waals surface area contributed by atoms with Crippen LogP contribution in [0.5, 0.6) is 0 Å². The minimum atomic E-state index is -0.451. The van der Waals surface area contributed by atoms with Crippen molar-refractivity contribution in [2.75, 3.05) is 11.4 Å². The number of fused-ring (bicyclic) bond motifs is 2. The minimum absolute atomic E-state index is 0.00172. The Labute approximate surface area is 160 Å². The number of non-ortho nitro benzene ring substituents is 1. The lowest BCUT2D eigenvalue weighted by atomic mass is 10.1. The van der Waals surface area contributed by atoms with E-state index in [1.54, 1.807) is 17.2 Å². The van der Waals surface area contributed by atoms with Crippen LogP contribution in [0.15, 0.2) is 66.9 Å². The van der Waals surface area contributed by atoms with E-state index in [0.29, 0.717) is 12.1 Å². The molecule has 0 fully saturated rings. The summed E-state index contributed by atoms with van der Waals surface area (Å²) in [5, 5.41) is 18.1. The highest BCUT2D eigenvalue weighted by Crippen LogP contribution is 2.27. The molecular formula is C21H18N4O3. The molecule has 0 spiro atoms. The van der Waals surface area contributed by atoms with Gasteiger partial charge in [0.25, 0.3) is 5.69 Å². The second kappa shape index (κ2) is 7.11. The summed E-state index contributed by atoms with van der Waals surface area (Å²) >= 11 is 0. The molecule has 0 aliphatic carbocycles. The van der Waals surface area contributed by atoms with Gasteiger partial charge in [-0.1, -0.05) is 36.4 Å². The van der Waals surface area contributed by atoms with Crippen LogP contribution in [0.1, 0.15) is 6.92 Å². The first-order chi connectivity index (χ1) is 13.6. The summed E-state index contributed by atoms with van der Waals surface area (Å²) in [5.41, 5.74) is 1.38. The van der Waals surface area contributed by atoms with Crippen molar-refractivity contribution >= 4 is 39.0 Å². The van der Waals surface area contributed by atoms with E-state index in [2.05, 4.69) is 5.10 Å². The molecule has 0 aliphatic heterocycles. The number of amides is 1. The maximum atomic E-state index is 13.1. The zero-order valence-corrected chi connectivity index (χ0v) is 15.3. The molecule has 7 nitrogen and oxygen atoms in total. The van der Waals surface area contributed by atoms with Crippen molar-refractivity contribution < 1.29 is 9.72 Å². The molecule has 0 saturated heterocycles. The first-order valence-electron chi connectivity index (χ1n) is 8.96. The predicted octanol–water partition coefficient (Wildman–Crippen LogP) is 4.15. The Morgan fingerprint density at radius 3 is 2.68 bits per heavy atom. The minimum Gasteiger partial charge on any atom is -0.310 e. The van der Waals surface area contributed by atoms with Crippen molar-refractivity contribution in [1.82, 2.24) is 9.78 Å². The summed E-state index contributed by atoms with van der Waals surface area (Å²) < 4.78 is 1.51. The average molecular weight is 374 g/mol. The van der Waals surface area contributed by atoms with Gasteiger partial charge in [-0.2, -0.15) is 5.10 Å². The average Bonchev–Trinajstić information content (AvgIpc) is 3.10. The van der Waals surface area contributed by atoms with Crippen molar-refractivity contribution in [3.63, 3.8) is 0 Å². The van der Waals surface area contributed by atoms with E-state index in [1.165, 1.54) is 16.8 Å². The van der Waals surface area contributed by atoms with E-state index < -0.39 is 4.92 Å². The van der Waals surface area contributed by atoms with Crippen molar-refractivity contribution in [2.24, 2.45) is 0 Å². The first-order valence-corrected chi connectivity index (χ1v) is 8.96. The maximum absolute atomic E-state index is 13.1. The quantitative estimate of drug-likeness (QED) is 0.388. The predicted molar refractivity (Wildman–Crippen MR) is 108 cm³/mol. The summed E-state index contributed by atoms with van der Waals surface area (Å²) in [6.07, 6.45) is 1.61. The Morgan fingerprint density at radius 2 is 1.89 bits per heavy atom. The van der Waals surface area contributed by atoms with Crippen LogP contribution >= 0.6 is 0 Å². The number of hydrogen-bond donors (Lipinski definition) is 0. The highest BCUT2D eigenvalue weighted by atomic mass is 16.6. The smallest absolute Gasteiger partial charge is 0.271 e. The lowest BCUT2D eigenvalue weighted by Gasteiger charge is -2.23. The van der Waals surface area contributed by atoms with E-state index in [0.717, 1.165) is 21.8 Å². The van der Waals surface area contributed by atoms with Gasteiger partial charge in [0, 0.05) is 29.4 Å². The summed E-state index contributed by atoms with van der Waals surface area (Å²) in [5.74, 6) is -0.129. The number of carbonyl (C=O) groups is 1. The molecule has 0 radical (unpaired) electrons. The summed E-state index contributed by atoms with van der Waals surface area (Å²) in [4.78, 5) is 25.4. The van der Waals surface area contributed by atoms with Crippen LogP contribution in [-0.4, -0.2) is 27.2 Å². The molecule has 1 aromatic heterocycles. The Hall–Kier alpha value is -3.74. The number of likely N-dealkylation sites (N-methyl/N-ethyl adjacent to an activating group) is 1. The van der Waals surface area contributed by atoms with Crippen LogP contribution in [0.3, 0.4) is 0 Å².